The number of fused-ring (bicyclic) bond motifs is 1. The number of nitro benzene ring substituents is 1. The van der Waals surface area contributed by atoms with Gasteiger partial charge in [-0.3, -0.25) is 10.1 Å². The van der Waals surface area contributed by atoms with Crippen LogP contribution >= 0.6 is 15.9 Å². The summed E-state index contributed by atoms with van der Waals surface area (Å²) in [4.78, 5) is 14.1. The topological polar surface area (TPSA) is 99.4 Å². The fourth-order valence-corrected chi connectivity index (χ4v) is 2.45. The maximum absolute atomic E-state index is 11.2. The molecule has 7 nitrogen and oxygen atoms in total. The van der Waals surface area contributed by atoms with Crippen LogP contribution in [0.15, 0.2) is 28.9 Å². The van der Waals surface area contributed by atoms with Gasteiger partial charge in [0.1, 0.15) is 5.39 Å². The lowest BCUT2D eigenvalue weighted by atomic mass is 10.1. The molecule has 1 aromatic carbocycles. The van der Waals surface area contributed by atoms with Gasteiger partial charge in [-0.05, 0) is 12.1 Å². The molecule has 0 unspecified atom stereocenters. The number of non-ortho nitro benzene ring substituents is 1. The minimum Gasteiger partial charge on any atom is -0.361 e. The van der Waals surface area contributed by atoms with Gasteiger partial charge in [-0.1, -0.05) is 15.9 Å². The Morgan fingerprint density at radius 1 is 1.37 bits per heavy atom. The van der Waals surface area contributed by atoms with E-state index in [1.165, 1.54) is 24.4 Å². The van der Waals surface area contributed by atoms with E-state index < -0.39 is 15.0 Å². The summed E-state index contributed by atoms with van der Waals surface area (Å²) in [6, 6.07) is 4.29. The van der Waals surface area contributed by atoms with Crippen LogP contribution in [-0.4, -0.2) is 24.6 Å². The summed E-state index contributed by atoms with van der Waals surface area (Å²) in [5.74, 6) is -0.312. The van der Waals surface area contributed by atoms with E-state index >= 15 is 0 Å². The highest BCUT2D eigenvalue weighted by molar-refractivity contribution is 9.10. The van der Waals surface area contributed by atoms with Gasteiger partial charge in [0.25, 0.3) is 5.69 Å². The minimum atomic E-state index is -3.82. The Morgan fingerprint density at radius 3 is 2.63 bits per heavy atom. The lowest BCUT2D eigenvalue weighted by Gasteiger charge is -2.07. The van der Waals surface area contributed by atoms with Crippen LogP contribution in [-0.2, 0) is 10.1 Å². The molecule has 2 rings (SSSR count). The zero-order valence-corrected chi connectivity index (χ0v) is 11.9. The van der Waals surface area contributed by atoms with Crippen molar-refractivity contribution in [2.45, 2.75) is 0 Å². The third-order valence-electron chi connectivity index (χ3n) is 2.24. The van der Waals surface area contributed by atoms with E-state index in [0.29, 0.717) is 9.86 Å². The molecule has 0 bridgehead atoms. The summed E-state index contributed by atoms with van der Waals surface area (Å²) in [5, 5.41) is 11.5. The third-order valence-corrected chi connectivity index (χ3v) is 3.40. The molecule has 19 heavy (non-hydrogen) atoms. The van der Waals surface area contributed by atoms with Crippen LogP contribution in [0.2, 0.25) is 0 Å². The summed E-state index contributed by atoms with van der Waals surface area (Å²) in [7, 11) is -3.82. The van der Waals surface area contributed by atoms with Crippen LogP contribution in [0.25, 0.3) is 10.8 Å². The van der Waals surface area contributed by atoms with E-state index in [9.17, 15) is 18.5 Å². The highest BCUT2D eigenvalue weighted by Crippen LogP contribution is 2.36. The van der Waals surface area contributed by atoms with Crippen molar-refractivity contribution in [1.82, 2.24) is 4.98 Å². The summed E-state index contributed by atoms with van der Waals surface area (Å²) in [5.41, 5.74) is -0.273. The summed E-state index contributed by atoms with van der Waals surface area (Å²) < 4.78 is 27.6. The average Bonchev–Trinajstić information content (AvgIpc) is 2.28. The van der Waals surface area contributed by atoms with Crippen LogP contribution < -0.4 is 4.18 Å². The van der Waals surface area contributed by atoms with Gasteiger partial charge in [-0.25, -0.2) is 4.98 Å². The second kappa shape index (κ2) is 4.74. The summed E-state index contributed by atoms with van der Waals surface area (Å²) in [6.07, 6.45) is 2.16. The quantitative estimate of drug-likeness (QED) is 0.480. The van der Waals surface area contributed by atoms with E-state index in [0.717, 1.165) is 6.26 Å². The Balaban J connectivity index is 2.85. The Bertz CT molecular complexity index is 775. The Hall–Kier alpha value is -1.74. The Labute approximate surface area is 116 Å². The van der Waals surface area contributed by atoms with Crippen LogP contribution in [0.1, 0.15) is 0 Å². The molecule has 1 aromatic heterocycles. The number of hydrogen-bond donors (Lipinski definition) is 0. The molecule has 9 heteroatoms. The molecule has 0 saturated heterocycles. The smallest absolute Gasteiger partial charge is 0.307 e. The molecule has 0 radical (unpaired) electrons. The average molecular weight is 347 g/mol. The summed E-state index contributed by atoms with van der Waals surface area (Å²) in [6.45, 7) is 0. The number of hydrogen-bond acceptors (Lipinski definition) is 6. The molecule has 0 aliphatic heterocycles. The van der Waals surface area contributed by atoms with Crippen molar-refractivity contribution in [2.75, 3.05) is 6.26 Å². The van der Waals surface area contributed by atoms with Gasteiger partial charge < -0.3 is 4.18 Å². The first-order valence-corrected chi connectivity index (χ1v) is 7.51. The number of aromatic nitrogens is 1. The number of rotatable bonds is 3. The van der Waals surface area contributed by atoms with E-state index in [2.05, 4.69) is 20.9 Å². The standard InChI is InChI=1S/C10H7BrN2O5S/c1-19(16,17)18-10-9-6(4-5-12-10)7(11)2-3-8(9)13(14)15/h2-5H,1H3. The fourth-order valence-electron chi connectivity index (χ4n) is 1.57. The first-order chi connectivity index (χ1) is 8.79. The highest BCUT2D eigenvalue weighted by Gasteiger charge is 2.21. The van der Waals surface area contributed by atoms with Gasteiger partial charge in [0, 0.05) is 22.1 Å². The first kappa shape index (κ1) is 13.7. The van der Waals surface area contributed by atoms with E-state index in [1.807, 2.05) is 0 Å². The maximum Gasteiger partial charge on any atom is 0.307 e. The van der Waals surface area contributed by atoms with Crippen LogP contribution in [0.4, 0.5) is 5.69 Å². The second-order valence-electron chi connectivity index (χ2n) is 3.65. The fraction of sp³-hybridized carbons (Fsp3) is 0.100. The monoisotopic (exact) mass is 346 g/mol. The summed E-state index contributed by atoms with van der Waals surface area (Å²) >= 11 is 3.24. The zero-order chi connectivity index (χ0) is 14.2. The molecule has 2 aromatic rings. The lowest BCUT2D eigenvalue weighted by Crippen LogP contribution is -2.08. The largest absolute Gasteiger partial charge is 0.361 e. The van der Waals surface area contributed by atoms with Gasteiger partial charge in [-0.2, -0.15) is 8.42 Å². The van der Waals surface area contributed by atoms with Crippen molar-refractivity contribution in [3.63, 3.8) is 0 Å². The van der Waals surface area contributed by atoms with E-state index in [4.69, 9.17) is 4.18 Å². The molecule has 0 saturated carbocycles. The van der Waals surface area contributed by atoms with E-state index in [1.54, 1.807) is 0 Å². The molecule has 100 valence electrons. The number of benzene rings is 1. The highest BCUT2D eigenvalue weighted by atomic mass is 79.9. The number of halogens is 1. The van der Waals surface area contributed by atoms with Gasteiger partial charge in [0.15, 0.2) is 0 Å². The van der Waals surface area contributed by atoms with Gasteiger partial charge in [0.05, 0.1) is 11.2 Å². The van der Waals surface area contributed by atoms with Crippen molar-refractivity contribution in [3.05, 3.63) is 39.0 Å². The molecule has 0 spiro atoms. The molecule has 0 amide bonds. The Kier molecular flexibility index (Phi) is 3.42. The molecule has 0 N–H and O–H groups in total. The van der Waals surface area contributed by atoms with Gasteiger partial charge >= 0.3 is 10.1 Å². The van der Waals surface area contributed by atoms with Crippen LogP contribution in [0.3, 0.4) is 0 Å². The minimum absolute atomic E-state index is 0.0345. The van der Waals surface area contributed by atoms with Crippen molar-refractivity contribution < 1.29 is 17.5 Å². The van der Waals surface area contributed by atoms with Crippen LogP contribution in [0.5, 0.6) is 5.88 Å². The number of nitro groups is 1. The van der Waals surface area contributed by atoms with Crippen molar-refractivity contribution in [2.24, 2.45) is 0 Å². The van der Waals surface area contributed by atoms with Crippen molar-refractivity contribution in [3.8, 4) is 5.88 Å². The first-order valence-electron chi connectivity index (χ1n) is 4.90. The molecule has 1 heterocycles. The van der Waals surface area contributed by atoms with E-state index in [-0.39, 0.29) is 17.0 Å². The predicted octanol–water partition coefficient (Wildman–Crippen LogP) is 2.24. The zero-order valence-electron chi connectivity index (χ0n) is 9.53. The molecule has 0 atom stereocenters. The third kappa shape index (κ3) is 2.82. The molecule has 0 aliphatic carbocycles. The maximum atomic E-state index is 11.2. The predicted molar refractivity (Wildman–Crippen MR) is 71.6 cm³/mol. The lowest BCUT2D eigenvalue weighted by molar-refractivity contribution is -0.383. The van der Waals surface area contributed by atoms with Crippen molar-refractivity contribution >= 4 is 42.5 Å². The number of nitrogens with zero attached hydrogens (tertiary/aromatic N) is 2. The molecular formula is C10H7BrN2O5S. The molecule has 0 fully saturated rings. The molecule has 0 aliphatic rings. The number of pyridine rings is 1. The Morgan fingerprint density at radius 2 is 2.05 bits per heavy atom. The second-order valence-corrected chi connectivity index (χ2v) is 6.08. The van der Waals surface area contributed by atoms with Crippen LogP contribution in [0, 0.1) is 10.1 Å². The van der Waals surface area contributed by atoms with Crippen molar-refractivity contribution in [1.29, 1.82) is 0 Å². The SMILES string of the molecule is CS(=O)(=O)Oc1nccc2c(Br)ccc([N+](=O)[O-])c12. The normalized spacial score (nSPS) is 11.5. The molecular weight excluding hydrogens is 340 g/mol. The van der Waals surface area contributed by atoms with Gasteiger partial charge in [-0.15, -0.1) is 0 Å². The van der Waals surface area contributed by atoms with Gasteiger partial charge in [0.2, 0.25) is 5.88 Å².